The number of rotatable bonds is 9. The summed E-state index contributed by atoms with van der Waals surface area (Å²) in [5, 5.41) is 8.33. The Bertz CT molecular complexity index is 1310. The van der Waals surface area contributed by atoms with Gasteiger partial charge >= 0.3 is 0 Å². The first-order valence-corrected chi connectivity index (χ1v) is 19.7. The highest BCUT2D eigenvalue weighted by atomic mass is 15.0. The maximum atomic E-state index is 4.20. The van der Waals surface area contributed by atoms with Gasteiger partial charge in [-0.15, -0.1) is 0 Å². The molecule has 8 bridgehead atoms. The summed E-state index contributed by atoms with van der Waals surface area (Å²) in [6.45, 7) is 2.15. The predicted molar refractivity (Wildman–Crippen MR) is 184 cm³/mol. The largest absolute Gasteiger partial charge is 0.307 e. The second-order valence-corrected chi connectivity index (χ2v) is 18.6. The van der Waals surface area contributed by atoms with Crippen molar-refractivity contribution in [2.45, 2.75) is 145 Å². The zero-order valence-corrected chi connectivity index (χ0v) is 27.8. The van der Waals surface area contributed by atoms with Crippen molar-refractivity contribution in [1.82, 2.24) is 10.6 Å². The normalized spacial score (nSPS) is 44.5. The Morgan fingerprint density at radius 1 is 0.444 bits per heavy atom. The summed E-state index contributed by atoms with van der Waals surface area (Å²) >= 11 is 0. The van der Waals surface area contributed by atoms with Crippen molar-refractivity contribution in [2.75, 3.05) is 0 Å². The molecule has 0 aromatic heterocycles. The molecule has 0 aliphatic heterocycles. The highest BCUT2D eigenvalue weighted by molar-refractivity contribution is 5.29. The van der Waals surface area contributed by atoms with Crippen molar-refractivity contribution in [3.05, 3.63) is 70.8 Å². The summed E-state index contributed by atoms with van der Waals surface area (Å²) in [6.07, 6.45) is 25.0. The SMILES string of the molecule is c1cc(C2CCC(C3C4CC5CC3CC(NCc3ccc(C6CC6)cc3)(C5)C4)CC2)ccc1CNC12CC3CC(CC(C3)C1)C2. The molecule has 0 radical (unpaired) electrons. The van der Waals surface area contributed by atoms with Crippen molar-refractivity contribution in [3.8, 4) is 0 Å². The van der Waals surface area contributed by atoms with E-state index in [2.05, 4.69) is 59.2 Å². The van der Waals surface area contributed by atoms with Gasteiger partial charge in [-0.05, 0) is 191 Å². The van der Waals surface area contributed by atoms with Crippen LogP contribution in [-0.4, -0.2) is 11.1 Å². The minimum absolute atomic E-state index is 0.436. The number of hydrogen-bond acceptors (Lipinski definition) is 2. The lowest BCUT2D eigenvalue weighted by molar-refractivity contribution is -0.0933. The summed E-state index contributed by atoms with van der Waals surface area (Å²) in [5.41, 5.74) is 7.12. The molecule has 0 heterocycles. The first-order valence-electron chi connectivity index (χ1n) is 19.7. The Morgan fingerprint density at radius 2 is 0.844 bits per heavy atom. The predicted octanol–water partition coefficient (Wildman–Crippen LogP) is 9.88. The Morgan fingerprint density at radius 3 is 1.29 bits per heavy atom. The van der Waals surface area contributed by atoms with E-state index in [1.165, 1.54) is 107 Å². The van der Waals surface area contributed by atoms with Gasteiger partial charge in [-0.3, -0.25) is 0 Å². The molecule has 2 N–H and O–H groups in total. The fourth-order valence-electron chi connectivity index (χ4n) is 14.0. The average Bonchev–Trinajstić information content (AvgIpc) is 3.89. The fourth-order valence-corrected chi connectivity index (χ4v) is 14.0. The second kappa shape index (κ2) is 10.9. The zero-order chi connectivity index (χ0) is 29.6. The van der Waals surface area contributed by atoms with Crippen LogP contribution in [0.5, 0.6) is 0 Å². The molecule has 2 nitrogen and oxygen atoms in total. The van der Waals surface area contributed by atoms with Crippen LogP contribution in [0.4, 0.5) is 0 Å². The molecule has 2 aromatic rings. The number of nitrogens with one attached hydrogen (secondary N) is 2. The van der Waals surface area contributed by atoms with E-state index >= 15 is 0 Å². The highest BCUT2D eigenvalue weighted by Gasteiger charge is 2.56. The van der Waals surface area contributed by atoms with E-state index in [9.17, 15) is 0 Å². The van der Waals surface area contributed by atoms with Gasteiger partial charge in [0.05, 0.1) is 0 Å². The van der Waals surface area contributed by atoms with E-state index in [-0.39, 0.29) is 0 Å². The number of benzene rings is 2. The lowest BCUT2D eigenvalue weighted by Crippen LogP contribution is -2.62. The monoisotopic (exact) mass is 602 g/mol. The summed E-state index contributed by atoms with van der Waals surface area (Å²) in [5.74, 6) is 9.73. The van der Waals surface area contributed by atoms with E-state index in [0.717, 1.165) is 72.3 Å². The van der Waals surface area contributed by atoms with Gasteiger partial charge in [0.15, 0.2) is 0 Å². The van der Waals surface area contributed by atoms with Gasteiger partial charge in [-0.2, -0.15) is 0 Å². The molecule has 0 saturated heterocycles. The van der Waals surface area contributed by atoms with Crippen LogP contribution in [-0.2, 0) is 13.1 Å². The molecule has 45 heavy (non-hydrogen) atoms. The van der Waals surface area contributed by atoms with Crippen molar-refractivity contribution in [3.63, 3.8) is 0 Å². The summed E-state index contributed by atoms with van der Waals surface area (Å²) in [7, 11) is 0. The molecule has 12 rings (SSSR count). The van der Waals surface area contributed by atoms with Crippen LogP contribution in [0.25, 0.3) is 0 Å². The molecule has 2 atom stereocenters. The lowest BCUT2D eigenvalue weighted by Gasteiger charge is -2.62. The van der Waals surface area contributed by atoms with Crippen LogP contribution in [0.1, 0.15) is 143 Å². The van der Waals surface area contributed by atoms with Crippen molar-refractivity contribution < 1.29 is 0 Å². The average molecular weight is 603 g/mol. The van der Waals surface area contributed by atoms with Crippen LogP contribution in [0.3, 0.4) is 0 Å². The van der Waals surface area contributed by atoms with Crippen LogP contribution in [0, 0.1) is 47.3 Å². The van der Waals surface area contributed by atoms with Gasteiger partial charge in [0.25, 0.3) is 0 Å². The third kappa shape index (κ3) is 5.37. The maximum absolute atomic E-state index is 4.20. The molecular formula is C43H58N2. The fraction of sp³-hybridized carbons (Fsp3) is 0.721. The molecule has 2 aromatic carbocycles. The van der Waals surface area contributed by atoms with Gasteiger partial charge in [0.2, 0.25) is 0 Å². The summed E-state index contributed by atoms with van der Waals surface area (Å²) in [6, 6.07) is 19.6. The van der Waals surface area contributed by atoms with Crippen LogP contribution >= 0.6 is 0 Å². The molecule has 0 amide bonds. The van der Waals surface area contributed by atoms with Gasteiger partial charge in [-0.25, -0.2) is 0 Å². The molecular weight excluding hydrogens is 544 g/mol. The van der Waals surface area contributed by atoms with Gasteiger partial charge in [0, 0.05) is 24.2 Å². The molecule has 10 saturated carbocycles. The van der Waals surface area contributed by atoms with Gasteiger partial charge in [0.1, 0.15) is 0 Å². The van der Waals surface area contributed by atoms with Crippen molar-refractivity contribution >= 4 is 0 Å². The highest BCUT2D eigenvalue weighted by Crippen LogP contribution is 2.62. The molecule has 240 valence electrons. The second-order valence-electron chi connectivity index (χ2n) is 18.6. The third-order valence-corrected chi connectivity index (χ3v) is 15.5. The Kier molecular flexibility index (Phi) is 6.90. The van der Waals surface area contributed by atoms with E-state index in [0.29, 0.717) is 11.1 Å². The van der Waals surface area contributed by atoms with E-state index in [1.54, 1.807) is 24.0 Å². The van der Waals surface area contributed by atoms with Gasteiger partial charge in [-0.1, -0.05) is 48.5 Å². The van der Waals surface area contributed by atoms with Crippen molar-refractivity contribution in [1.29, 1.82) is 0 Å². The Hall–Kier alpha value is -1.64. The van der Waals surface area contributed by atoms with E-state index in [1.807, 2.05) is 0 Å². The first-order chi connectivity index (χ1) is 22.1. The zero-order valence-electron chi connectivity index (χ0n) is 27.8. The molecule has 10 aliphatic rings. The maximum Gasteiger partial charge on any atom is 0.0210 e. The first kappa shape index (κ1) is 28.4. The van der Waals surface area contributed by atoms with Crippen LogP contribution in [0.2, 0.25) is 0 Å². The van der Waals surface area contributed by atoms with E-state index in [4.69, 9.17) is 0 Å². The van der Waals surface area contributed by atoms with Crippen LogP contribution < -0.4 is 10.6 Å². The lowest BCUT2D eigenvalue weighted by atomic mass is 9.46. The minimum atomic E-state index is 0.436. The van der Waals surface area contributed by atoms with E-state index < -0.39 is 0 Å². The smallest absolute Gasteiger partial charge is 0.0210 e. The molecule has 2 heteroatoms. The minimum Gasteiger partial charge on any atom is -0.307 e. The molecule has 10 aliphatic carbocycles. The summed E-state index contributed by atoms with van der Waals surface area (Å²) in [4.78, 5) is 0. The standard InChI is InChI=1S/C43H58N2/c1-7-35(8-2-28(1)26-44-42-20-30-15-31(21-42)17-32(16-30)22-42)37-11-13-38(14-12-37)41-39-18-33-19-40(41)25-43(23-33,24-39)45-27-29-3-5-34(6-4-29)36-9-10-36/h1-8,30-33,36-41,44-45H,9-27H2. The number of hydrogen-bond donors (Lipinski definition) is 2. The molecule has 10 fully saturated rings. The Labute approximate surface area is 273 Å². The molecule has 2 unspecified atom stereocenters. The topological polar surface area (TPSA) is 24.1 Å². The van der Waals surface area contributed by atoms with Crippen molar-refractivity contribution in [2.24, 2.45) is 47.3 Å². The third-order valence-electron chi connectivity index (χ3n) is 15.5. The van der Waals surface area contributed by atoms with Gasteiger partial charge < -0.3 is 10.6 Å². The Balaban J connectivity index is 0.731. The van der Waals surface area contributed by atoms with Crippen LogP contribution in [0.15, 0.2) is 48.5 Å². The summed E-state index contributed by atoms with van der Waals surface area (Å²) < 4.78 is 0. The molecule has 0 spiro atoms. The quantitative estimate of drug-likeness (QED) is 0.298.